The third kappa shape index (κ3) is 33.1. The number of aliphatic hydroxyl groups is 4. The molecule has 6 atom stereocenters. The van der Waals surface area contributed by atoms with Crippen LogP contribution in [0.4, 0.5) is 0 Å². The van der Waals surface area contributed by atoms with Gasteiger partial charge in [-0.1, -0.05) is 160 Å². The van der Waals surface area contributed by atoms with Crippen molar-refractivity contribution in [3.05, 3.63) is 134 Å². The molecule has 2 unspecified atom stereocenters. The van der Waals surface area contributed by atoms with Crippen molar-refractivity contribution >= 4 is 11.9 Å². The number of hydrogen-bond acceptors (Lipinski definition) is 10. The van der Waals surface area contributed by atoms with Crippen LogP contribution >= 0.6 is 0 Å². The van der Waals surface area contributed by atoms with E-state index in [1.165, 1.54) is 25.7 Å². The molecule has 1 rings (SSSR count). The summed E-state index contributed by atoms with van der Waals surface area (Å²) in [5.41, 5.74) is 0. The number of esters is 2. The monoisotopic (exact) mass is 877 g/mol. The highest BCUT2D eigenvalue weighted by Crippen LogP contribution is 2.22. The second-order valence-electron chi connectivity index (χ2n) is 15.1. The molecule has 0 aromatic rings. The highest BCUT2D eigenvalue weighted by atomic mass is 16.7. The Labute approximate surface area is 379 Å². The van der Waals surface area contributed by atoms with Crippen molar-refractivity contribution < 1.29 is 49.0 Å². The fourth-order valence-corrected chi connectivity index (χ4v) is 5.90. The van der Waals surface area contributed by atoms with Gasteiger partial charge in [-0.3, -0.25) is 9.59 Å². The summed E-state index contributed by atoms with van der Waals surface area (Å²) < 4.78 is 22.0. The predicted molar refractivity (Wildman–Crippen MR) is 256 cm³/mol. The van der Waals surface area contributed by atoms with Crippen LogP contribution in [0.5, 0.6) is 0 Å². The zero-order valence-electron chi connectivity index (χ0n) is 38.3. The van der Waals surface area contributed by atoms with Gasteiger partial charge >= 0.3 is 11.9 Å². The number of rotatable bonds is 36. The van der Waals surface area contributed by atoms with Gasteiger partial charge in [0.2, 0.25) is 0 Å². The SMILES string of the molecule is CC/C=C/C/C=C/C/C=C/C/C=C/C/C=C/C/C=C/CCC(=O)OC[C@@H](CO[C@H]1O[C@@H](CO)[C@@H](O)C(O)C1O)OC(=O)CC/C=C/C/C=C/C/C=C/C/C=C/C/C=C/CCCCC. The molecule has 0 aliphatic carbocycles. The Morgan fingerprint density at radius 3 is 1.35 bits per heavy atom. The smallest absolute Gasteiger partial charge is 0.306 e. The number of carbonyl (C=O) groups excluding carboxylic acids is 2. The Balaban J connectivity index is 2.45. The van der Waals surface area contributed by atoms with Gasteiger partial charge in [0.05, 0.1) is 13.2 Å². The van der Waals surface area contributed by atoms with Gasteiger partial charge in [0.1, 0.15) is 31.0 Å². The van der Waals surface area contributed by atoms with E-state index in [1.807, 2.05) is 24.3 Å². The Kier molecular flexibility index (Phi) is 37.7. The molecule has 0 aromatic carbocycles. The molecule has 352 valence electrons. The molecule has 0 radical (unpaired) electrons. The Morgan fingerprint density at radius 2 is 0.921 bits per heavy atom. The van der Waals surface area contributed by atoms with E-state index in [9.17, 15) is 30.0 Å². The molecule has 1 heterocycles. The van der Waals surface area contributed by atoms with Crippen molar-refractivity contribution in [1.29, 1.82) is 0 Å². The largest absolute Gasteiger partial charge is 0.462 e. The molecule has 0 amide bonds. The zero-order valence-corrected chi connectivity index (χ0v) is 38.3. The van der Waals surface area contributed by atoms with E-state index in [2.05, 4.69) is 123 Å². The van der Waals surface area contributed by atoms with E-state index < -0.39 is 55.4 Å². The van der Waals surface area contributed by atoms with Crippen LogP contribution in [0.1, 0.15) is 129 Å². The van der Waals surface area contributed by atoms with Crippen molar-refractivity contribution in [2.45, 2.75) is 166 Å². The lowest BCUT2D eigenvalue weighted by Crippen LogP contribution is -2.59. The van der Waals surface area contributed by atoms with Gasteiger partial charge in [-0.05, 0) is 89.9 Å². The summed E-state index contributed by atoms with van der Waals surface area (Å²) in [4.78, 5) is 25.3. The molecule has 63 heavy (non-hydrogen) atoms. The molecule has 10 heteroatoms. The first-order chi connectivity index (χ1) is 30.8. The van der Waals surface area contributed by atoms with E-state index in [1.54, 1.807) is 0 Å². The van der Waals surface area contributed by atoms with E-state index in [-0.39, 0.29) is 26.1 Å². The fraction of sp³-hybridized carbons (Fsp3) is 0.547. The molecule has 0 spiro atoms. The lowest BCUT2D eigenvalue weighted by Gasteiger charge is -2.39. The number of carbonyl (C=O) groups is 2. The van der Waals surface area contributed by atoms with Gasteiger partial charge in [0.25, 0.3) is 0 Å². The third-order valence-corrected chi connectivity index (χ3v) is 9.55. The summed E-state index contributed by atoms with van der Waals surface area (Å²) in [7, 11) is 0. The van der Waals surface area contributed by atoms with E-state index >= 15 is 0 Å². The number of aliphatic hydroxyl groups excluding tert-OH is 4. The summed E-state index contributed by atoms with van der Waals surface area (Å²) >= 11 is 0. The number of hydrogen-bond donors (Lipinski definition) is 4. The number of allylic oxidation sites excluding steroid dienone is 22. The molecule has 0 aromatic heterocycles. The van der Waals surface area contributed by atoms with Gasteiger partial charge in [0.15, 0.2) is 12.4 Å². The van der Waals surface area contributed by atoms with E-state index in [0.29, 0.717) is 12.8 Å². The second-order valence-corrected chi connectivity index (χ2v) is 15.1. The van der Waals surface area contributed by atoms with Crippen molar-refractivity contribution in [3.63, 3.8) is 0 Å². The molecule has 0 saturated carbocycles. The lowest BCUT2D eigenvalue weighted by atomic mass is 9.99. The maximum Gasteiger partial charge on any atom is 0.306 e. The Bertz CT molecular complexity index is 1480. The Hall–Kier alpha value is -4.16. The summed E-state index contributed by atoms with van der Waals surface area (Å²) in [5, 5.41) is 40.1. The van der Waals surface area contributed by atoms with Crippen LogP contribution in [-0.4, -0.2) is 89.0 Å². The van der Waals surface area contributed by atoms with Crippen LogP contribution < -0.4 is 0 Å². The van der Waals surface area contributed by atoms with Crippen molar-refractivity contribution in [1.82, 2.24) is 0 Å². The highest BCUT2D eigenvalue weighted by Gasteiger charge is 2.44. The minimum atomic E-state index is -1.63. The average molecular weight is 877 g/mol. The molecule has 0 bridgehead atoms. The molecule has 1 aliphatic rings. The molecule has 1 saturated heterocycles. The standard InChI is InChI=1S/C53H80O10/c1-3-5-7-9-11-13-15-17-19-21-23-25-27-29-31-33-35-37-39-41-48(55)60-44-46(45-61-53-52(59)51(58)50(57)47(43-54)63-53)62-49(56)42-40-38-36-34-32-30-28-26-24-22-20-18-16-14-12-10-8-6-4-2/h5,7,11-14,17-20,23-26,29-32,35-38,46-47,50-54,57-59H,3-4,6,8-10,15-16,21-22,27-28,33-34,39-45H2,1-2H3/b7-5+,13-11+,14-12+,19-17+,20-18+,25-23+,26-24+,31-29+,32-30+,37-35+,38-36+/t46-,47-,50+,51?,52?,53-/m0/s1. The number of unbranched alkanes of at least 4 members (excludes halogenated alkanes) is 3. The van der Waals surface area contributed by atoms with Crippen molar-refractivity contribution in [3.8, 4) is 0 Å². The topological polar surface area (TPSA) is 152 Å². The van der Waals surface area contributed by atoms with Crippen LogP contribution in [0.3, 0.4) is 0 Å². The van der Waals surface area contributed by atoms with Crippen molar-refractivity contribution in [2.75, 3.05) is 19.8 Å². The molecule has 10 nitrogen and oxygen atoms in total. The molecule has 1 aliphatic heterocycles. The van der Waals surface area contributed by atoms with Gasteiger partial charge in [-0.15, -0.1) is 0 Å². The van der Waals surface area contributed by atoms with Gasteiger partial charge in [-0.25, -0.2) is 0 Å². The van der Waals surface area contributed by atoms with Crippen molar-refractivity contribution in [2.24, 2.45) is 0 Å². The first kappa shape index (κ1) is 56.9. The zero-order chi connectivity index (χ0) is 45.9. The third-order valence-electron chi connectivity index (χ3n) is 9.55. The first-order valence-corrected chi connectivity index (χ1v) is 23.3. The normalized spacial score (nSPS) is 20.8. The van der Waals surface area contributed by atoms with Crippen LogP contribution in [0.25, 0.3) is 0 Å². The van der Waals surface area contributed by atoms with Gasteiger partial charge in [0, 0.05) is 12.8 Å². The summed E-state index contributed by atoms with van der Waals surface area (Å²) in [6, 6.07) is 0. The minimum absolute atomic E-state index is 0.0816. The lowest BCUT2D eigenvalue weighted by molar-refractivity contribution is -0.305. The van der Waals surface area contributed by atoms with Crippen LogP contribution in [0.2, 0.25) is 0 Å². The van der Waals surface area contributed by atoms with Gasteiger partial charge < -0.3 is 39.4 Å². The molecule has 4 N–H and O–H groups in total. The highest BCUT2D eigenvalue weighted by molar-refractivity contribution is 5.70. The quantitative estimate of drug-likeness (QED) is 0.0272. The Morgan fingerprint density at radius 1 is 0.508 bits per heavy atom. The van der Waals surface area contributed by atoms with Crippen LogP contribution in [0, 0.1) is 0 Å². The maximum atomic E-state index is 12.8. The van der Waals surface area contributed by atoms with E-state index in [4.69, 9.17) is 18.9 Å². The fourth-order valence-electron chi connectivity index (χ4n) is 5.90. The maximum absolute atomic E-state index is 12.8. The summed E-state index contributed by atoms with van der Waals surface area (Å²) in [6.45, 7) is 3.10. The van der Waals surface area contributed by atoms with Crippen LogP contribution in [-0.2, 0) is 28.5 Å². The number of ether oxygens (including phenoxy) is 4. The average Bonchev–Trinajstić information content (AvgIpc) is 3.28. The first-order valence-electron chi connectivity index (χ1n) is 23.3. The van der Waals surface area contributed by atoms with E-state index in [0.717, 1.165) is 64.2 Å². The second kappa shape index (κ2) is 41.8. The van der Waals surface area contributed by atoms with Crippen LogP contribution in [0.15, 0.2) is 134 Å². The molecule has 1 fully saturated rings. The minimum Gasteiger partial charge on any atom is -0.462 e. The molecular formula is C53H80O10. The van der Waals surface area contributed by atoms with Gasteiger partial charge in [-0.2, -0.15) is 0 Å². The predicted octanol–water partition coefficient (Wildman–Crippen LogP) is 10.4. The molecular weight excluding hydrogens is 797 g/mol. The summed E-state index contributed by atoms with van der Waals surface area (Å²) in [5.74, 6) is -1.02. The summed E-state index contributed by atoms with van der Waals surface area (Å²) in [6.07, 6.45) is 53.3.